The van der Waals surface area contributed by atoms with Gasteiger partial charge in [-0.3, -0.25) is 14.4 Å². The third-order valence-electron chi connectivity index (χ3n) is 13.3. The number of carbonyl (C=O) groups is 1. The standard InChI is InChI=1S/C41H53F3N6OS3.C9H10/c1-30(2)48-22-20-47(21-23-48)19-16-32(27-52-35-8-4-3-5-9-35)45-37-15-14-36(24-38(37)53-41(42,43)44)54-46-39(51)31-10-12-33(13-11-31)50-28-40(29-50)25-34(26-40)49-17-6-7-18-49;1-2-4-8(5-3-1)9-6-7-9/h3-5,8-15,24,30,32,34,45H,6-7,16-23,25-29H2,1-2H3,(H,46,51);1-5,9H,6-7H2. The Morgan fingerprint density at radius 2 is 1.48 bits per heavy atom. The Morgan fingerprint density at radius 1 is 0.810 bits per heavy atom. The summed E-state index contributed by atoms with van der Waals surface area (Å²) < 4.78 is 44.5. The average molecular weight is 917 g/mol. The number of thioether (sulfide) groups is 2. The lowest BCUT2D eigenvalue weighted by Crippen LogP contribution is -2.66. The van der Waals surface area contributed by atoms with Gasteiger partial charge in [-0.05, 0) is 162 Å². The number of likely N-dealkylation sites (tertiary alicyclic amines) is 1. The van der Waals surface area contributed by atoms with Crippen LogP contribution in [-0.2, 0) is 0 Å². The molecule has 1 atom stereocenters. The second-order valence-electron chi connectivity index (χ2n) is 18.4. The zero-order chi connectivity index (χ0) is 43.8. The topological polar surface area (TPSA) is 54.1 Å². The van der Waals surface area contributed by atoms with Crippen LogP contribution in [0.3, 0.4) is 0 Å². The fourth-order valence-corrected chi connectivity index (χ4v) is 11.9. The van der Waals surface area contributed by atoms with Crippen molar-refractivity contribution in [3.05, 3.63) is 114 Å². The number of rotatable bonds is 16. The third kappa shape index (κ3) is 13.2. The lowest BCUT2D eigenvalue weighted by Gasteiger charge is -2.61. The van der Waals surface area contributed by atoms with Crippen LogP contribution in [0.25, 0.3) is 0 Å². The van der Waals surface area contributed by atoms with Crippen molar-refractivity contribution in [3.8, 4) is 0 Å². The minimum atomic E-state index is -4.46. The van der Waals surface area contributed by atoms with E-state index >= 15 is 0 Å². The van der Waals surface area contributed by atoms with Gasteiger partial charge in [0.2, 0.25) is 0 Å². The molecule has 338 valence electrons. The zero-order valence-electron chi connectivity index (χ0n) is 36.7. The first kappa shape index (κ1) is 46.2. The van der Waals surface area contributed by atoms with E-state index in [1.807, 2.05) is 42.5 Å². The van der Waals surface area contributed by atoms with E-state index in [0.717, 1.165) is 92.5 Å². The van der Waals surface area contributed by atoms with E-state index in [4.69, 9.17) is 0 Å². The third-order valence-corrected chi connectivity index (χ3v) is 16.1. The van der Waals surface area contributed by atoms with Crippen molar-refractivity contribution in [2.45, 2.75) is 103 Å². The molecule has 1 spiro atoms. The molecule has 2 N–H and O–H groups in total. The van der Waals surface area contributed by atoms with Crippen LogP contribution in [0.5, 0.6) is 0 Å². The summed E-state index contributed by atoms with van der Waals surface area (Å²) in [4.78, 5) is 24.9. The highest BCUT2D eigenvalue weighted by molar-refractivity contribution is 8.00. The van der Waals surface area contributed by atoms with E-state index < -0.39 is 5.51 Å². The van der Waals surface area contributed by atoms with Crippen LogP contribution in [0.1, 0.15) is 80.6 Å². The van der Waals surface area contributed by atoms with Gasteiger partial charge >= 0.3 is 5.51 Å². The number of benzene rings is 4. The highest BCUT2D eigenvalue weighted by Crippen LogP contribution is 2.52. The van der Waals surface area contributed by atoms with Crippen molar-refractivity contribution in [1.29, 1.82) is 0 Å². The summed E-state index contributed by atoms with van der Waals surface area (Å²) in [5.41, 5.74) is -0.378. The van der Waals surface area contributed by atoms with E-state index in [-0.39, 0.29) is 28.6 Å². The summed E-state index contributed by atoms with van der Waals surface area (Å²) in [5, 5.41) is 3.49. The van der Waals surface area contributed by atoms with Gasteiger partial charge in [0.1, 0.15) is 0 Å². The Labute approximate surface area is 385 Å². The van der Waals surface area contributed by atoms with Crippen LogP contribution >= 0.6 is 35.5 Å². The number of hydrogen-bond donors (Lipinski definition) is 2. The highest BCUT2D eigenvalue weighted by atomic mass is 32.2. The first-order valence-corrected chi connectivity index (χ1v) is 25.5. The van der Waals surface area contributed by atoms with Crippen molar-refractivity contribution in [2.75, 3.05) is 74.9 Å². The molecule has 0 radical (unpaired) electrons. The number of nitrogens with zero attached hydrogens (tertiary/aromatic N) is 4. The Balaban J connectivity index is 0.000000533. The Hall–Kier alpha value is -3.33. The first-order valence-electron chi connectivity index (χ1n) is 22.9. The smallest absolute Gasteiger partial charge is 0.381 e. The van der Waals surface area contributed by atoms with Gasteiger partial charge in [-0.1, -0.05) is 48.5 Å². The SMILES string of the molecule is CC(C)N1CCN(CCC(CSc2ccccc2)Nc2ccc(SNC(=O)c3ccc(N4CC5(CC(N6CCCC6)C5)C4)cc3)cc2SC(F)(F)F)CC1.c1ccc(C2CC2)cc1. The number of halogens is 3. The molecule has 5 aliphatic rings. The Bertz CT molecular complexity index is 2050. The van der Waals surface area contributed by atoms with Gasteiger partial charge in [0.25, 0.3) is 5.91 Å². The summed E-state index contributed by atoms with van der Waals surface area (Å²) in [5.74, 6) is 1.35. The van der Waals surface area contributed by atoms with Gasteiger partial charge in [0.15, 0.2) is 0 Å². The van der Waals surface area contributed by atoms with Gasteiger partial charge in [0.05, 0.1) is 0 Å². The molecule has 1 amide bonds. The normalized spacial score (nSPS) is 19.9. The second-order valence-corrected chi connectivity index (χ2v) is 21.4. The molecule has 9 rings (SSSR count). The van der Waals surface area contributed by atoms with E-state index in [1.165, 1.54) is 63.2 Å². The van der Waals surface area contributed by atoms with Crippen LogP contribution in [0.4, 0.5) is 24.5 Å². The number of amides is 1. The number of alkyl halides is 3. The molecule has 1 unspecified atom stereocenters. The van der Waals surface area contributed by atoms with E-state index in [9.17, 15) is 18.0 Å². The molecule has 0 aromatic heterocycles. The van der Waals surface area contributed by atoms with Crippen LogP contribution in [0.2, 0.25) is 0 Å². The highest BCUT2D eigenvalue weighted by Gasteiger charge is 2.54. The zero-order valence-corrected chi connectivity index (χ0v) is 39.2. The van der Waals surface area contributed by atoms with Gasteiger partial charge in [-0.15, -0.1) is 11.8 Å². The molecule has 4 aromatic carbocycles. The van der Waals surface area contributed by atoms with Crippen LogP contribution < -0.4 is 14.9 Å². The predicted molar refractivity (Wildman–Crippen MR) is 257 cm³/mol. The number of hydrogen-bond acceptors (Lipinski definition) is 9. The summed E-state index contributed by atoms with van der Waals surface area (Å²) in [7, 11) is 0. The molecule has 13 heteroatoms. The molecule has 2 saturated carbocycles. The van der Waals surface area contributed by atoms with E-state index in [1.54, 1.807) is 23.9 Å². The molecule has 5 fully saturated rings. The molecule has 3 aliphatic heterocycles. The van der Waals surface area contributed by atoms with Crippen LogP contribution in [0.15, 0.2) is 118 Å². The summed E-state index contributed by atoms with van der Waals surface area (Å²) in [6, 6.07) is 34.8. The van der Waals surface area contributed by atoms with Crippen LogP contribution in [0, 0.1) is 5.41 Å². The molecule has 7 nitrogen and oxygen atoms in total. The number of piperazine rings is 1. The summed E-state index contributed by atoms with van der Waals surface area (Å²) in [6.45, 7) is 14.0. The first-order chi connectivity index (χ1) is 30.5. The monoisotopic (exact) mass is 916 g/mol. The van der Waals surface area contributed by atoms with Crippen molar-refractivity contribution >= 4 is 52.8 Å². The molecule has 4 aromatic rings. The predicted octanol–water partition coefficient (Wildman–Crippen LogP) is 11.4. The van der Waals surface area contributed by atoms with E-state index in [2.05, 4.69) is 86.0 Å². The maximum absolute atomic E-state index is 13.9. The van der Waals surface area contributed by atoms with Gasteiger partial charge < -0.3 is 20.0 Å². The number of anilines is 2. The second kappa shape index (κ2) is 21.3. The lowest BCUT2D eigenvalue weighted by molar-refractivity contribution is -0.0328. The fourth-order valence-electron chi connectivity index (χ4n) is 9.51. The molecular formula is C50H63F3N6OS3. The molecule has 3 heterocycles. The summed E-state index contributed by atoms with van der Waals surface area (Å²) in [6.07, 6.45) is 8.89. The molecule has 2 aliphatic carbocycles. The maximum Gasteiger partial charge on any atom is 0.446 e. The quantitative estimate of drug-likeness (QED) is 0.0845. The van der Waals surface area contributed by atoms with Crippen molar-refractivity contribution in [1.82, 2.24) is 19.4 Å². The van der Waals surface area contributed by atoms with Crippen molar-refractivity contribution in [3.63, 3.8) is 0 Å². The average Bonchev–Trinajstić information content (AvgIpc) is 3.98. The molecular weight excluding hydrogens is 854 g/mol. The maximum atomic E-state index is 13.9. The fraction of sp³-hybridized carbons (Fsp3) is 0.500. The van der Waals surface area contributed by atoms with Gasteiger partial charge in [-0.2, -0.15) is 13.2 Å². The van der Waals surface area contributed by atoms with Crippen molar-refractivity contribution < 1.29 is 18.0 Å². The van der Waals surface area contributed by atoms with Gasteiger partial charge in [0, 0.05) is 107 Å². The number of carbonyl (C=O) groups excluding carboxylic acids is 1. The number of nitrogens with one attached hydrogen (secondary N) is 2. The minimum absolute atomic E-state index is 0.0468. The minimum Gasteiger partial charge on any atom is -0.381 e. The largest absolute Gasteiger partial charge is 0.446 e. The van der Waals surface area contributed by atoms with Crippen LogP contribution in [-0.4, -0.2) is 109 Å². The molecule has 63 heavy (non-hydrogen) atoms. The molecule has 0 bridgehead atoms. The lowest BCUT2D eigenvalue weighted by atomic mass is 9.60. The Morgan fingerprint density at radius 3 is 2.11 bits per heavy atom. The Kier molecular flexibility index (Phi) is 15.6. The van der Waals surface area contributed by atoms with Gasteiger partial charge in [-0.25, -0.2) is 0 Å². The molecule has 3 saturated heterocycles. The van der Waals surface area contributed by atoms with E-state index in [0.29, 0.717) is 27.6 Å². The van der Waals surface area contributed by atoms with Crippen molar-refractivity contribution in [2.24, 2.45) is 5.41 Å². The summed E-state index contributed by atoms with van der Waals surface area (Å²) >= 11 is 2.63.